The normalized spacial score (nSPS) is 10.7. The lowest BCUT2D eigenvalue weighted by Gasteiger charge is -2.07. The molecule has 0 spiro atoms. The molecule has 4 heteroatoms. The zero-order valence-electron chi connectivity index (χ0n) is 11.5. The molecule has 0 amide bonds. The Labute approximate surface area is 117 Å². The standard InChI is InChI=1S/C16H15N3O/c1-3-12-6-4-5-7-14(12)15-10-13(8-9-17-15)16-18-11(2)19-20-16/h4-10H,3H2,1-2H3. The fourth-order valence-electron chi connectivity index (χ4n) is 2.20. The van der Waals surface area contributed by atoms with Gasteiger partial charge in [-0.1, -0.05) is 36.3 Å². The average molecular weight is 265 g/mol. The van der Waals surface area contributed by atoms with E-state index in [0.29, 0.717) is 11.7 Å². The highest BCUT2D eigenvalue weighted by molar-refractivity contribution is 5.68. The minimum absolute atomic E-state index is 0.528. The molecule has 0 unspecified atom stereocenters. The summed E-state index contributed by atoms with van der Waals surface area (Å²) < 4.78 is 5.21. The summed E-state index contributed by atoms with van der Waals surface area (Å²) in [5, 5.41) is 3.82. The SMILES string of the molecule is CCc1ccccc1-c1cc(-c2nc(C)no2)ccn1. The predicted molar refractivity (Wildman–Crippen MR) is 77.1 cm³/mol. The van der Waals surface area contributed by atoms with Gasteiger partial charge in [-0.2, -0.15) is 4.98 Å². The first-order valence-electron chi connectivity index (χ1n) is 6.63. The summed E-state index contributed by atoms with van der Waals surface area (Å²) in [5.74, 6) is 1.16. The molecule has 2 heterocycles. The van der Waals surface area contributed by atoms with Crippen LogP contribution in [-0.4, -0.2) is 15.1 Å². The van der Waals surface area contributed by atoms with E-state index < -0.39 is 0 Å². The van der Waals surface area contributed by atoms with E-state index in [0.717, 1.165) is 23.2 Å². The molecule has 3 rings (SSSR count). The van der Waals surface area contributed by atoms with Crippen molar-refractivity contribution in [3.8, 4) is 22.7 Å². The first-order valence-corrected chi connectivity index (χ1v) is 6.63. The second kappa shape index (κ2) is 5.25. The summed E-state index contributed by atoms with van der Waals surface area (Å²) in [6.45, 7) is 3.95. The van der Waals surface area contributed by atoms with Crippen LogP contribution in [0.15, 0.2) is 47.1 Å². The number of aromatic nitrogens is 3. The minimum atomic E-state index is 0.528. The van der Waals surface area contributed by atoms with Crippen molar-refractivity contribution in [2.45, 2.75) is 20.3 Å². The van der Waals surface area contributed by atoms with Crippen molar-refractivity contribution in [3.63, 3.8) is 0 Å². The molecule has 2 aromatic heterocycles. The van der Waals surface area contributed by atoms with Gasteiger partial charge >= 0.3 is 0 Å². The van der Waals surface area contributed by atoms with Crippen molar-refractivity contribution in [1.82, 2.24) is 15.1 Å². The minimum Gasteiger partial charge on any atom is -0.334 e. The van der Waals surface area contributed by atoms with Gasteiger partial charge in [-0.25, -0.2) is 0 Å². The van der Waals surface area contributed by atoms with Gasteiger partial charge in [0.1, 0.15) is 0 Å². The molecule has 20 heavy (non-hydrogen) atoms. The molecule has 0 atom stereocenters. The van der Waals surface area contributed by atoms with Crippen LogP contribution in [0.2, 0.25) is 0 Å². The second-order valence-corrected chi connectivity index (χ2v) is 4.59. The number of rotatable bonds is 3. The quantitative estimate of drug-likeness (QED) is 0.725. The monoisotopic (exact) mass is 265 g/mol. The first kappa shape index (κ1) is 12.5. The number of hydrogen-bond donors (Lipinski definition) is 0. The van der Waals surface area contributed by atoms with Crippen LogP contribution in [-0.2, 0) is 6.42 Å². The smallest absolute Gasteiger partial charge is 0.258 e. The van der Waals surface area contributed by atoms with Crippen molar-refractivity contribution in [2.75, 3.05) is 0 Å². The van der Waals surface area contributed by atoms with Gasteiger partial charge < -0.3 is 4.52 Å². The molecule has 0 fully saturated rings. The number of hydrogen-bond acceptors (Lipinski definition) is 4. The van der Waals surface area contributed by atoms with E-state index in [4.69, 9.17) is 4.52 Å². The number of benzene rings is 1. The third-order valence-corrected chi connectivity index (χ3v) is 3.21. The Morgan fingerprint density at radius 2 is 2.00 bits per heavy atom. The van der Waals surface area contributed by atoms with E-state index in [2.05, 4.69) is 34.2 Å². The molecule has 1 aromatic carbocycles. The van der Waals surface area contributed by atoms with Crippen LogP contribution in [0.5, 0.6) is 0 Å². The average Bonchev–Trinajstić information content (AvgIpc) is 2.94. The summed E-state index contributed by atoms with van der Waals surface area (Å²) >= 11 is 0. The Hall–Kier alpha value is -2.49. The second-order valence-electron chi connectivity index (χ2n) is 4.59. The number of nitrogens with zero attached hydrogens (tertiary/aromatic N) is 3. The molecule has 0 saturated heterocycles. The molecule has 0 aliphatic carbocycles. The highest BCUT2D eigenvalue weighted by atomic mass is 16.5. The Balaban J connectivity index is 2.07. The maximum Gasteiger partial charge on any atom is 0.258 e. The lowest BCUT2D eigenvalue weighted by Crippen LogP contribution is -1.90. The summed E-state index contributed by atoms with van der Waals surface area (Å²) in [6, 6.07) is 12.2. The van der Waals surface area contributed by atoms with Gasteiger partial charge in [0.2, 0.25) is 0 Å². The van der Waals surface area contributed by atoms with Gasteiger partial charge in [-0.3, -0.25) is 4.98 Å². The van der Waals surface area contributed by atoms with E-state index in [9.17, 15) is 0 Å². The molecule has 0 N–H and O–H groups in total. The zero-order valence-corrected chi connectivity index (χ0v) is 11.5. The maximum atomic E-state index is 5.21. The molecule has 0 radical (unpaired) electrons. The zero-order chi connectivity index (χ0) is 13.9. The van der Waals surface area contributed by atoms with Crippen molar-refractivity contribution in [3.05, 3.63) is 54.0 Å². The Morgan fingerprint density at radius 1 is 1.15 bits per heavy atom. The number of pyridine rings is 1. The highest BCUT2D eigenvalue weighted by Crippen LogP contribution is 2.26. The van der Waals surface area contributed by atoms with Crippen LogP contribution in [0.3, 0.4) is 0 Å². The highest BCUT2D eigenvalue weighted by Gasteiger charge is 2.10. The number of aryl methyl sites for hydroxylation is 2. The maximum absolute atomic E-state index is 5.21. The van der Waals surface area contributed by atoms with Crippen molar-refractivity contribution < 1.29 is 4.52 Å². The van der Waals surface area contributed by atoms with Gasteiger partial charge in [-0.05, 0) is 31.0 Å². The molecule has 0 aliphatic heterocycles. The molecule has 0 saturated carbocycles. The van der Waals surface area contributed by atoms with E-state index in [1.165, 1.54) is 5.56 Å². The van der Waals surface area contributed by atoms with E-state index in [1.54, 1.807) is 6.20 Å². The molecule has 4 nitrogen and oxygen atoms in total. The van der Waals surface area contributed by atoms with Crippen LogP contribution in [0.25, 0.3) is 22.7 Å². The van der Waals surface area contributed by atoms with Gasteiger partial charge in [0.15, 0.2) is 5.82 Å². The van der Waals surface area contributed by atoms with Crippen LogP contribution in [0, 0.1) is 6.92 Å². The third kappa shape index (κ3) is 2.32. The van der Waals surface area contributed by atoms with Crippen LogP contribution in [0.4, 0.5) is 0 Å². The predicted octanol–water partition coefficient (Wildman–Crippen LogP) is 3.67. The van der Waals surface area contributed by atoms with Crippen molar-refractivity contribution >= 4 is 0 Å². The van der Waals surface area contributed by atoms with Gasteiger partial charge in [0.05, 0.1) is 5.69 Å². The lowest BCUT2D eigenvalue weighted by atomic mass is 10.0. The third-order valence-electron chi connectivity index (χ3n) is 3.21. The molecule has 0 bridgehead atoms. The Bertz CT molecular complexity index is 734. The van der Waals surface area contributed by atoms with Gasteiger partial charge in [0.25, 0.3) is 5.89 Å². The van der Waals surface area contributed by atoms with Gasteiger partial charge in [0, 0.05) is 17.3 Å². The van der Waals surface area contributed by atoms with Crippen molar-refractivity contribution in [1.29, 1.82) is 0 Å². The fourth-order valence-corrected chi connectivity index (χ4v) is 2.20. The Kier molecular flexibility index (Phi) is 3.29. The lowest BCUT2D eigenvalue weighted by molar-refractivity contribution is 0.425. The summed E-state index contributed by atoms with van der Waals surface area (Å²) in [6.07, 6.45) is 2.75. The Morgan fingerprint density at radius 3 is 2.75 bits per heavy atom. The molecular formula is C16H15N3O. The molecule has 100 valence electrons. The van der Waals surface area contributed by atoms with Crippen molar-refractivity contribution in [2.24, 2.45) is 0 Å². The van der Waals surface area contributed by atoms with E-state index >= 15 is 0 Å². The first-order chi connectivity index (χ1) is 9.78. The molecular weight excluding hydrogens is 250 g/mol. The van der Waals surface area contributed by atoms with Crippen LogP contribution >= 0.6 is 0 Å². The fraction of sp³-hybridized carbons (Fsp3) is 0.188. The summed E-state index contributed by atoms with van der Waals surface area (Å²) in [5.41, 5.74) is 4.24. The molecule has 3 aromatic rings. The van der Waals surface area contributed by atoms with Crippen LogP contribution in [0.1, 0.15) is 18.3 Å². The van der Waals surface area contributed by atoms with Crippen LogP contribution < -0.4 is 0 Å². The molecule has 0 aliphatic rings. The largest absolute Gasteiger partial charge is 0.334 e. The van der Waals surface area contributed by atoms with Gasteiger partial charge in [-0.15, -0.1) is 0 Å². The summed E-state index contributed by atoms with van der Waals surface area (Å²) in [4.78, 5) is 8.71. The topological polar surface area (TPSA) is 51.8 Å². The summed E-state index contributed by atoms with van der Waals surface area (Å²) in [7, 11) is 0. The van der Waals surface area contributed by atoms with E-state index in [1.807, 2.05) is 31.2 Å². The van der Waals surface area contributed by atoms with E-state index in [-0.39, 0.29) is 0 Å².